The van der Waals surface area contributed by atoms with Gasteiger partial charge in [0, 0.05) is 5.39 Å². The van der Waals surface area contributed by atoms with Gasteiger partial charge in [-0.05, 0) is 58.0 Å². The van der Waals surface area contributed by atoms with E-state index in [4.69, 9.17) is 28.9 Å². The smallest absolute Gasteiger partial charge is 0.221 e. The van der Waals surface area contributed by atoms with Crippen LogP contribution in [0.1, 0.15) is 39.0 Å². The minimum atomic E-state index is -0.798. The van der Waals surface area contributed by atoms with E-state index in [1.54, 1.807) is 33.5 Å². The number of benzene rings is 2. The molecule has 0 aliphatic carbocycles. The maximum absolute atomic E-state index is 11.2. The van der Waals surface area contributed by atoms with Crippen LogP contribution in [0.5, 0.6) is 5.88 Å². The van der Waals surface area contributed by atoms with E-state index in [0.29, 0.717) is 29.2 Å². The minimum Gasteiger partial charge on any atom is -0.493 e. The van der Waals surface area contributed by atoms with Gasteiger partial charge in [-0.3, -0.25) is 0 Å². The Hall–Kier alpha value is -4.19. The van der Waals surface area contributed by atoms with Crippen LogP contribution >= 0.6 is 0 Å². The highest BCUT2D eigenvalue weighted by Crippen LogP contribution is 2.44. The van der Waals surface area contributed by atoms with Crippen LogP contribution in [-0.4, -0.2) is 66.9 Å². The fraction of sp³-hybridized carbons (Fsp3) is 0.433. The first-order chi connectivity index (χ1) is 20.6. The van der Waals surface area contributed by atoms with E-state index in [0.717, 1.165) is 10.9 Å². The van der Waals surface area contributed by atoms with Gasteiger partial charge >= 0.3 is 0 Å². The third kappa shape index (κ3) is 5.17. The number of hydrogen-bond donors (Lipinski definition) is 1. The molecule has 3 aliphatic heterocycles. The number of aromatic nitrogens is 4. The van der Waals surface area contributed by atoms with Gasteiger partial charge in [-0.1, -0.05) is 23.4 Å². The molecule has 4 aromatic rings. The predicted molar refractivity (Wildman–Crippen MR) is 151 cm³/mol. The molecule has 43 heavy (non-hydrogen) atoms. The summed E-state index contributed by atoms with van der Waals surface area (Å²) in [5.74, 6) is -1.64. The van der Waals surface area contributed by atoms with Crippen molar-refractivity contribution in [3.8, 4) is 11.9 Å². The number of nitriles is 1. The molecule has 3 aliphatic rings. The second-order valence-electron chi connectivity index (χ2n) is 11.8. The zero-order chi connectivity index (χ0) is 29.9. The lowest BCUT2D eigenvalue weighted by molar-refractivity contribution is -0.236. The van der Waals surface area contributed by atoms with Crippen molar-refractivity contribution in [1.29, 1.82) is 5.26 Å². The number of fused-ring (bicyclic) bond motifs is 4. The van der Waals surface area contributed by atoms with E-state index >= 15 is 0 Å². The van der Waals surface area contributed by atoms with Crippen molar-refractivity contribution in [2.75, 3.05) is 0 Å². The van der Waals surface area contributed by atoms with Gasteiger partial charge in [0.2, 0.25) is 5.88 Å². The Bertz CT molecular complexity index is 1740. The number of rotatable bonds is 6. The minimum absolute atomic E-state index is 0.0441. The van der Waals surface area contributed by atoms with Gasteiger partial charge in [0.05, 0.1) is 42.1 Å². The second kappa shape index (κ2) is 10.2. The van der Waals surface area contributed by atoms with Crippen molar-refractivity contribution < 1.29 is 28.8 Å². The van der Waals surface area contributed by atoms with Gasteiger partial charge in [-0.25, -0.2) is 4.68 Å². The molecule has 1 N–H and O–H groups in total. The van der Waals surface area contributed by atoms with Gasteiger partial charge in [0.1, 0.15) is 30.1 Å². The Labute approximate surface area is 247 Å². The highest BCUT2D eigenvalue weighted by atomic mass is 16.9. The van der Waals surface area contributed by atoms with Crippen LogP contribution in [0, 0.1) is 11.3 Å². The van der Waals surface area contributed by atoms with Crippen molar-refractivity contribution in [3.63, 3.8) is 0 Å². The number of para-hydroxylation sites is 1. The maximum Gasteiger partial charge on any atom is 0.221 e. The van der Waals surface area contributed by atoms with Crippen molar-refractivity contribution in [1.82, 2.24) is 19.6 Å². The lowest BCUT2D eigenvalue weighted by Crippen LogP contribution is -2.56. The average molecular weight is 586 g/mol. The Balaban J connectivity index is 1.12. The molecule has 5 heterocycles. The molecule has 13 nitrogen and oxygen atoms in total. The molecule has 0 amide bonds. The highest BCUT2D eigenvalue weighted by molar-refractivity contribution is 5.95. The Morgan fingerprint density at radius 2 is 1.65 bits per heavy atom. The van der Waals surface area contributed by atoms with Crippen LogP contribution in [0.4, 0.5) is 11.4 Å². The predicted octanol–water partition coefficient (Wildman–Crippen LogP) is 4.67. The molecular weight excluding hydrogens is 554 g/mol. The molecule has 5 atom stereocenters. The van der Waals surface area contributed by atoms with Crippen LogP contribution in [-0.2, 0) is 36.8 Å². The summed E-state index contributed by atoms with van der Waals surface area (Å²) in [7, 11) is 0. The lowest BCUT2D eigenvalue weighted by Gasteiger charge is -2.37. The average Bonchev–Trinajstić information content (AvgIpc) is 3.70. The molecular formula is C30H31N7O6. The summed E-state index contributed by atoms with van der Waals surface area (Å²) in [5.41, 5.74) is 2.83. The van der Waals surface area contributed by atoms with Crippen LogP contribution in [0.15, 0.2) is 65.0 Å². The van der Waals surface area contributed by atoms with Gasteiger partial charge < -0.3 is 33.4 Å². The van der Waals surface area contributed by atoms with E-state index in [1.165, 1.54) is 0 Å². The van der Waals surface area contributed by atoms with Crippen molar-refractivity contribution in [3.05, 3.63) is 66.0 Å². The molecule has 7 rings (SSSR count). The zero-order valence-corrected chi connectivity index (χ0v) is 24.1. The third-order valence-corrected chi connectivity index (χ3v) is 7.70. The molecule has 222 valence electrons. The molecule has 0 radical (unpaired) electrons. The van der Waals surface area contributed by atoms with E-state index in [2.05, 4.69) is 26.6 Å². The fourth-order valence-corrected chi connectivity index (χ4v) is 5.93. The summed E-state index contributed by atoms with van der Waals surface area (Å²) in [6.07, 6.45) is -0.353. The third-order valence-electron chi connectivity index (χ3n) is 7.70. The fourth-order valence-electron chi connectivity index (χ4n) is 5.93. The SMILES string of the molecule is CC1(C)O[C@H]2[C@@H](O1)[C@@H](Cn1cc(Cn3c(O)c(N=Nc4ccc(C#N)cc4)c4ccccc43)nn1)O[C@@H]1OC(C)(C)O[C@@H]12. The van der Waals surface area contributed by atoms with Crippen LogP contribution in [0.3, 0.4) is 0 Å². The van der Waals surface area contributed by atoms with Crippen LogP contribution in [0.2, 0.25) is 0 Å². The number of hydrogen-bond acceptors (Lipinski definition) is 11. The summed E-state index contributed by atoms with van der Waals surface area (Å²) in [6, 6.07) is 16.4. The van der Waals surface area contributed by atoms with Crippen LogP contribution < -0.4 is 0 Å². The first kappa shape index (κ1) is 27.6. The molecule has 0 bridgehead atoms. The summed E-state index contributed by atoms with van der Waals surface area (Å²) >= 11 is 0. The zero-order valence-electron chi connectivity index (χ0n) is 24.1. The van der Waals surface area contributed by atoms with Gasteiger partial charge in [-0.15, -0.1) is 10.2 Å². The molecule has 3 saturated heterocycles. The largest absolute Gasteiger partial charge is 0.493 e. The number of aromatic hydroxyl groups is 1. The molecule has 0 unspecified atom stereocenters. The van der Waals surface area contributed by atoms with E-state index in [9.17, 15) is 5.11 Å². The van der Waals surface area contributed by atoms with E-state index in [1.807, 2.05) is 58.2 Å². The standard InChI is InChI=1S/C30H31N7O6/c1-29(2)40-24-22(39-28-26(25(24)41-29)42-30(3,4)43-28)16-36-14-19(33-35-36)15-37-21-8-6-5-7-20(21)23(27(37)38)34-32-18-11-9-17(13-31)10-12-18/h5-12,14,22,24-26,28,38H,15-16H2,1-4H3/t22-,24+,25+,26-,28-/m1/s1. The Morgan fingerprint density at radius 3 is 2.44 bits per heavy atom. The second-order valence-corrected chi connectivity index (χ2v) is 11.8. The summed E-state index contributed by atoms with van der Waals surface area (Å²) in [6.45, 7) is 8.05. The van der Waals surface area contributed by atoms with Gasteiger partial charge in [-0.2, -0.15) is 10.4 Å². The topological polar surface area (TPSA) is 151 Å². The summed E-state index contributed by atoms with van der Waals surface area (Å²) in [5, 5.41) is 38.3. The van der Waals surface area contributed by atoms with Gasteiger partial charge in [0.15, 0.2) is 23.6 Å². The number of nitrogens with zero attached hydrogens (tertiary/aromatic N) is 7. The first-order valence-corrected chi connectivity index (χ1v) is 14.1. The molecule has 0 spiro atoms. The highest BCUT2D eigenvalue weighted by Gasteiger charge is 2.60. The monoisotopic (exact) mass is 585 g/mol. The first-order valence-electron chi connectivity index (χ1n) is 14.1. The number of azo groups is 1. The van der Waals surface area contributed by atoms with E-state index in [-0.39, 0.29) is 24.6 Å². The molecule has 13 heteroatoms. The molecule has 2 aromatic carbocycles. The van der Waals surface area contributed by atoms with Crippen LogP contribution in [0.25, 0.3) is 10.9 Å². The maximum atomic E-state index is 11.2. The normalized spacial score (nSPS) is 27.4. The lowest BCUT2D eigenvalue weighted by atomic mass is 9.99. The quantitative estimate of drug-likeness (QED) is 0.318. The van der Waals surface area contributed by atoms with Crippen molar-refractivity contribution in [2.24, 2.45) is 10.2 Å². The number of ether oxygens (including phenoxy) is 5. The Morgan fingerprint density at radius 1 is 0.930 bits per heavy atom. The summed E-state index contributed by atoms with van der Waals surface area (Å²) < 4.78 is 34.3. The van der Waals surface area contributed by atoms with Crippen molar-refractivity contribution in [2.45, 2.75) is 83.1 Å². The van der Waals surface area contributed by atoms with E-state index < -0.39 is 30.1 Å². The Kier molecular flexibility index (Phi) is 6.57. The molecule has 0 saturated carbocycles. The summed E-state index contributed by atoms with van der Waals surface area (Å²) in [4.78, 5) is 0. The van der Waals surface area contributed by atoms with Gasteiger partial charge in [0.25, 0.3) is 0 Å². The van der Waals surface area contributed by atoms with Crippen molar-refractivity contribution >= 4 is 22.3 Å². The molecule has 2 aromatic heterocycles. The molecule has 3 fully saturated rings.